The molecule has 70 heavy (non-hydrogen) atoms. The highest BCUT2D eigenvalue weighted by atomic mass is 16.5. The highest BCUT2D eigenvalue weighted by Gasteiger charge is 2.36. The van der Waals surface area contributed by atoms with Crippen LogP contribution < -0.4 is 32.0 Å². The monoisotopic (exact) mass is 957 g/mol. The van der Waals surface area contributed by atoms with E-state index in [9.17, 15) is 29.2 Å². The lowest BCUT2D eigenvalue weighted by Crippen LogP contribution is -2.46. The number of fused-ring (bicyclic) bond motifs is 5. The van der Waals surface area contributed by atoms with Crippen LogP contribution in [0.4, 0.5) is 0 Å². The number of rotatable bonds is 23. The Morgan fingerprint density at radius 2 is 1.47 bits per heavy atom. The Labute approximate surface area is 413 Å². The second kappa shape index (κ2) is 26.6. The minimum absolute atomic E-state index is 0.0305. The van der Waals surface area contributed by atoms with Crippen LogP contribution in [0.1, 0.15) is 129 Å². The molecule has 0 aliphatic carbocycles. The molecule has 1 aromatic heterocycles. The van der Waals surface area contributed by atoms with Crippen molar-refractivity contribution in [3.05, 3.63) is 93.8 Å². The number of nitriles is 1. The Hall–Kier alpha value is -6.34. The van der Waals surface area contributed by atoms with Gasteiger partial charge in [-0.2, -0.15) is 5.26 Å². The van der Waals surface area contributed by atoms with Gasteiger partial charge in [0, 0.05) is 74.3 Å². The minimum atomic E-state index is -1.24. The zero-order valence-corrected chi connectivity index (χ0v) is 41.9. The highest BCUT2D eigenvalue weighted by Crippen LogP contribution is 2.41. The van der Waals surface area contributed by atoms with Gasteiger partial charge in [-0.3, -0.25) is 24.0 Å². The van der Waals surface area contributed by atoms with Crippen LogP contribution in [0, 0.1) is 37.0 Å². The Morgan fingerprint density at radius 3 is 2.09 bits per heavy atom. The topological polar surface area (TPSA) is 247 Å². The van der Waals surface area contributed by atoms with Crippen LogP contribution in [-0.4, -0.2) is 90.0 Å². The fourth-order valence-corrected chi connectivity index (χ4v) is 9.19. The van der Waals surface area contributed by atoms with E-state index in [1.54, 1.807) is 51.1 Å². The third-order valence-electron chi connectivity index (χ3n) is 12.9. The van der Waals surface area contributed by atoms with Gasteiger partial charge in [-0.15, -0.1) is 0 Å². The Morgan fingerprint density at radius 1 is 0.843 bits per heavy atom. The summed E-state index contributed by atoms with van der Waals surface area (Å²) in [4.78, 5) is 82.6. The standard InChI is InChI=1S/C55H72N8O7/c1-7-9-12-38-16-17-41(31-39(38)13-10-8-2)53-60-35(4)51(36(5)61-53)47(65)33-42(21-23-57)55(68)63(6)52-40-18-20-50(70-27-25-59)44(32-40)43-29-37(15-19-49(43)69-26-24-58)30-45(46(64)14-11-22-56)62-54(67)34(3)28-48(52)66/h15-20,29,31-32,34,42,45,52H,7-14,21,23-28,30,33,57-59H2,1-6H3,(H,62,67)/t34-,42-,45+,52+/m1/s1. The fraction of sp³-hybridized carbons (Fsp3) is 0.491. The molecule has 15 heteroatoms. The number of nitrogens with zero attached hydrogens (tertiary/aromatic N) is 4. The van der Waals surface area contributed by atoms with Gasteiger partial charge in [-0.1, -0.05) is 57.9 Å². The average molecular weight is 957 g/mol. The van der Waals surface area contributed by atoms with E-state index < -0.39 is 41.5 Å². The predicted octanol–water partition coefficient (Wildman–Crippen LogP) is 7.03. The molecule has 15 nitrogen and oxygen atoms in total. The summed E-state index contributed by atoms with van der Waals surface area (Å²) in [5.41, 5.74) is 24.9. The van der Waals surface area contributed by atoms with E-state index >= 15 is 0 Å². The number of Topliss-reactive ketones (excluding diaryl/α,β-unsaturated/α-hetero) is 3. The molecule has 0 radical (unpaired) electrons. The van der Waals surface area contributed by atoms with Gasteiger partial charge >= 0.3 is 0 Å². The summed E-state index contributed by atoms with van der Waals surface area (Å²) in [6, 6.07) is 16.7. The van der Waals surface area contributed by atoms with Crippen LogP contribution in [0.2, 0.25) is 0 Å². The van der Waals surface area contributed by atoms with Crippen LogP contribution >= 0.6 is 0 Å². The van der Waals surface area contributed by atoms with Gasteiger partial charge < -0.3 is 36.9 Å². The molecule has 2 amide bonds. The van der Waals surface area contributed by atoms with Gasteiger partial charge in [0.15, 0.2) is 23.2 Å². The number of nitrogens with one attached hydrogen (secondary N) is 1. The molecule has 0 unspecified atom stereocenters. The molecular formula is C55H72N8O7. The lowest BCUT2D eigenvalue weighted by molar-refractivity contribution is -0.142. The lowest BCUT2D eigenvalue weighted by atomic mass is 9.88. The van der Waals surface area contributed by atoms with Crippen LogP contribution in [0.15, 0.2) is 54.6 Å². The van der Waals surface area contributed by atoms with Crippen molar-refractivity contribution in [3.8, 4) is 40.1 Å². The van der Waals surface area contributed by atoms with Crippen LogP contribution in [0.3, 0.4) is 0 Å². The molecule has 3 aromatic carbocycles. The Kier molecular flexibility index (Phi) is 20.7. The van der Waals surface area contributed by atoms with Gasteiger partial charge in [-0.25, -0.2) is 9.97 Å². The maximum absolute atomic E-state index is 14.9. The summed E-state index contributed by atoms with van der Waals surface area (Å²) in [6.45, 7) is 10.4. The third kappa shape index (κ3) is 13.9. The van der Waals surface area contributed by atoms with Crippen molar-refractivity contribution < 1.29 is 33.4 Å². The first-order valence-electron chi connectivity index (χ1n) is 24.8. The van der Waals surface area contributed by atoms with E-state index in [-0.39, 0.29) is 82.9 Å². The number of nitrogens with two attached hydrogens (primary N) is 3. The molecule has 0 saturated carbocycles. The number of ether oxygens (including phenoxy) is 2. The van der Waals surface area contributed by atoms with Crippen molar-refractivity contribution in [2.24, 2.45) is 29.0 Å². The lowest BCUT2D eigenvalue weighted by Gasteiger charge is -2.32. The molecule has 1 aliphatic heterocycles. The van der Waals surface area contributed by atoms with Gasteiger partial charge in [-0.05, 0) is 112 Å². The summed E-state index contributed by atoms with van der Waals surface area (Å²) < 4.78 is 12.3. The number of hydrogen-bond acceptors (Lipinski definition) is 13. The summed E-state index contributed by atoms with van der Waals surface area (Å²) >= 11 is 0. The molecule has 4 bridgehead atoms. The quantitative estimate of drug-likeness (QED) is 0.0546. The van der Waals surface area contributed by atoms with Crippen molar-refractivity contribution in [1.29, 1.82) is 5.26 Å². The van der Waals surface area contributed by atoms with Crippen molar-refractivity contribution in [2.45, 2.75) is 124 Å². The van der Waals surface area contributed by atoms with Gasteiger partial charge in [0.25, 0.3) is 0 Å². The SMILES string of the molecule is CCCCc1ccc(-c2nc(C)c(C(=O)C[C@@H](CCN)C(=O)N(C)[C@@H]3C(=O)C[C@@H](C)C(=O)N[C@H](C(=O)CCC#N)Cc4ccc(OCCN)c(c4)-c4cc3ccc4OCCN)c(C)n2)cc1CCCC. The molecule has 0 fully saturated rings. The first-order valence-corrected chi connectivity index (χ1v) is 24.8. The smallest absolute Gasteiger partial charge is 0.226 e. The second-order valence-electron chi connectivity index (χ2n) is 18.4. The Balaban J connectivity index is 1.56. The number of likely N-dealkylation sites (N-methyl/N-ethyl adjacent to an activating group) is 1. The average Bonchev–Trinajstić information content (AvgIpc) is 3.34. The number of carbonyl (C=O) groups excluding carboxylic acids is 5. The van der Waals surface area contributed by atoms with Crippen LogP contribution in [-0.2, 0) is 38.4 Å². The molecule has 374 valence electrons. The summed E-state index contributed by atoms with van der Waals surface area (Å²) in [5.74, 6) is -2.60. The predicted molar refractivity (Wildman–Crippen MR) is 271 cm³/mol. The van der Waals surface area contributed by atoms with Crippen LogP contribution in [0.5, 0.6) is 11.5 Å². The number of aryl methyl sites for hydroxylation is 4. The second-order valence-corrected chi connectivity index (χ2v) is 18.4. The van der Waals surface area contributed by atoms with Crippen molar-refractivity contribution >= 4 is 29.2 Å². The molecule has 0 saturated heterocycles. The third-order valence-corrected chi connectivity index (χ3v) is 12.9. The first kappa shape index (κ1) is 54.6. The zero-order valence-electron chi connectivity index (χ0n) is 41.9. The summed E-state index contributed by atoms with van der Waals surface area (Å²) in [7, 11) is 1.52. The molecule has 1 aliphatic rings. The largest absolute Gasteiger partial charge is 0.492 e. The number of aromatic nitrogens is 2. The van der Waals surface area contributed by atoms with Crippen molar-refractivity contribution in [1.82, 2.24) is 20.2 Å². The van der Waals surface area contributed by atoms with Crippen molar-refractivity contribution in [2.75, 3.05) is 39.9 Å². The number of hydrogen-bond donors (Lipinski definition) is 4. The number of unbranched alkanes of at least 4 members (excludes halogenated alkanes) is 2. The molecule has 7 N–H and O–H groups in total. The summed E-state index contributed by atoms with van der Waals surface area (Å²) in [5, 5.41) is 12.1. The normalized spacial score (nSPS) is 16.4. The van der Waals surface area contributed by atoms with Gasteiger partial charge in [0.2, 0.25) is 11.8 Å². The highest BCUT2D eigenvalue weighted by molar-refractivity contribution is 6.01. The number of amides is 2. The maximum atomic E-state index is 14.9. The van der Waals surface area contributed by atoms with E-state index in [1.165, 1.54) is 23.1 Å². The number of carbonyl (C=O) groups is 5. The molecular weight excluding hydrogens is 885 g/mol. The number of benzene rings is 3. The first-order chi connectivity index (χ1) is 33.7. The van der Waals surface area contributed by atoms with E-state index in [0.29, 0.717) is 56.5 Å². The fourth-order valence-electron chi connectivity index (χ4n) is 9.19. The molecule has 4 atom stereocenters. The molecule has 5 rings (SSSR count). The van der Waals surface area contributed by atoms with Crippen LogP contribution in [0.25, 0.3) is 22.5 Å². The molecule has 4 aromatic rings. The maximum Gasteiger partial charge on any atom is 0.226 e. The van der Waals surface area contributed by atoms with E-state index in [4.69, 9.17) is 36.6 Å². The molecule has 0 spiro atoms. The Bertz CT molecular complexity index is 2510. The summed E-state index contributed by atoms with van der Waals surface area (Å²) in [6.07, 6.45) is 5.97. The van der Waals surface area contributed by atoms with Crippen molar-refractivity contribution in [3.63, 3.8) is 0 Å². The van der Waals surface area contributed by atoms with Gasteiger partial charge in [0.1, 0.15) is 30.8 Å². The molecule has 2 heterocycles. The van der Waals surface area contributed by atoms with Gasteiger partial charge in [0.05, 0.1) is 29.1 Å². The zero-order chi connectivity index (χ0) is 50.9. The number of ketones is 3. The van der Waals surface area contributed by atoms with E-state index in [2.05, 4.69) is 31.3 Å². The van der Waals surface area contributed by atoms with E-state index in [1.807, 2.05) is 18.2 Å². The minimum Gasteiger partial charge on any atom is -0.492 e. The van der Waals surface area contributed by atoms with E-state index in [0.717, 1.165) is 44.1 Å².